The van der Waals surface area contributed by atoms with Gasteiger partial charge in [-0.15, -0.1) is 0 Å². The Hall–Kier alpha value is -0.560. The topological polar surface area (TPSA) is 23.3 Å². The van der Waals surface area contributed by atoms with Crippen molar-refractivity contribution in [1.82, 2.24) is 4.90 Å². The van der Waals surface area contributed by atoms with Crippen LogP contribution in [0.3, 0.4) is 0 Å². The first-order chi connectivity index (χ1) is 7.91. The molecule has 0 radical (unpaired) electrons. The van der Waals surface area contributed by atoms with Crippen molar-refractivity contribution in [2.75, 3.05) is 28.2 Å². The summed E-state index contributed by atoms with van der Waals surface area (Å²) in [5, 5.41) is 1.13. The number of benzene rings is 1. The summed E-state index contributed by atoms with van der Waals surface area (Å²) in [7, 11) is 8.04. The molecule has 3 nitrogen and oxygen atoms in total. The van der Waals surface area contributed by atoms with Gasteiger partial charge >= 0.3 is 5.17 Å². The first-order valence-corrected chi connectivity index (χ1v) is 6.24. The summed E-state index contributed by atoms with van der Waals surface area (Å²) in [5.41, 5.74) is 0.756. The molecule has 0 unspecified atom stereocenters. The number of thioether (sulfide) groups is 1. The Kier molecular flexibility index (Phi) is 7.54. The summed E-state index contributed by atoms with van der Waals surface area (Å²) in [5.74, 6) is 0.101. The quantitative estimate of drug-likeness (QED) is 0.168. The Morgan fingerprint density at radius 3 is 2.33 bits per heavy atom. The summed E-state index contributed by atoms with van der Waals surface area (Å²) in [6.07, 6.45) is 0. The monoisotopic (exact) mass is 378 g/mol. The molecule has 0 aromatic heterocycles. The lowest BCUT2D eigenvalue weighted by molar-refractivity contribution is -0.466. The minimum atomic E-state index is 0. The summed E-state index contributed by atoms with van der Waals surface area (Å²) in [6, 6.07) is 7.71. The van der Waals surface area contributed by atoms with Gasteiger partial charge in [0, 0.05) is 10.5 Å². The number of ketones is 1. The van der Waals surface area contributed by atoms with E-state index in [4.69, 9.17) is 0 Å². The molecule has 0 aliphatic rings. The zero-order chi connectivity index (χ0) is 13.0. The largest absolute Gasteiger partial charge is 1.00 e. The normalized spacial score (nSPS) is 9.39. The van der Waals surface area contributed by atoms with Crippen LogP contribution >= 0.6 is 11.8 Å². The molecule has 0 bridgehead atoms. The van der Waals surface area contributed by atoms with Gasteiger partial charge in [-0.3, -0.25) is 14.3 Å². The van der Waals surface area contributed by atoms with E-state index in [1.165, 1.54) is 0 Å². The first-order valence-electron chi connectivity index (χ1n) is 5.42. The molecule has 0 spiro atoms. The van der Waals surface area contributed by atoms with Crippen molar-refractivity contribution in [3.05, 3.63) is 29.8 Å². The molecule has 0 amide bonds. The SMILES string of the molecule is CC(=O)c1cccc(SC(N(C)C)=[N+](C)C)c1.[I-]. The molecule has 0 heterocycles. The Morgan fingerprint density at radius 1 is 1.28 bits per heavy atom. The van der Waals surface area contributed by atoms with Crippen molar-refractivity contribution in [2.24, 2.45) is 0 Å². The van der Waals surface area contributed by atoms with Crippen LogP contribution in [0.15, 0.2) is 29.2 Å². The summed E-state index contributed by atoms with van der Waals surface area (Å²) in [4.78, 5) is 14.5. The highest BCUT2D eigenvalue weighted by molar-refractivity contribution is 8.13. The van der Waals surface area contributed by atoms with Crippen LogP contribution < -0.4 is 24.0 Å². The molecule has 1 aromatic rings. The van der Waals surface area contributed by atoms with Gasteiger partial charge in [-0.25, -0.2) is 0 Å². The lowest BCUT2D eigenvalue weighted by Crippen LogP contribution is -3.00. The minimum absolute atomic E-state index is 0. The molecule has 1 aromatic carbocycles. The molecule has 0 saturated carbocycles. The third-order valence-electron chi connectivity index (χ3n) is 2.21. The number of rotatable bonds is 2. The van der Waals surface area contributed by atoms with Crippen LogP contribution in [0.5, 0.6) is 0 Å². The van der Waals surface area contributed by atoms with Gasteiger partial charge in [-0.2, -0.15) is 0 Å². The van der Waals surface area contributed by atoms with E-state index in [0.717, 1.165) is 15.6 Å². The molecule has 5 heteroatoms. The number of nitrogens with zero attached hydrogens (tertiary/aromatic N) is 2. The Labute approximate surface area is 130 Å². The van der Waals surface area contributed by atoms with E-state index in [0.29, 0.717) is 0 Å². The highest BCUT2D eigenvalue weighted by Gasteiger charge is 2.14. The first kappa shape index (κ1) is 17.4. The predicted octanol–water partition coefficient (Wildman–Crippen LogP) is -0.825. The fourth-order valence-electron chi connectivity index (χ4n) is 1.47. The van der Waals surface area contributed by atoms with Gasteiger partial charge in [0.15, 0.2) is 5.78 Å². The van der Waals surface area contributed by atoms with Crippen LogP contribution in [-0.2, 0) is 0 Å². The zero-order valence-corrected chi connectivity index (χ0v) is 14.4. The van der Waals surface area contributed by atoms with Crippen LogP contribution in [0.1, 0.15) is 17.3 Å². The van der Waals surface area contributed by atoms with E-state index in [9.17, 15) is 4.79 Å². The van der Waals surface area contributed by atoms with Gasteiger partial charge in [-0.05, 0) is 30.8 Å². The van der Waals surface area contributed by atoms with Gasteiger partial charge in [0.2, 0.25) is 0 Å². The molecule has 0 atom stereocenters. The molecule has 100 valence electrons. The summed E-state index contributed by atoms with van der Waals surface area (Å²) >= 11 is 1.65. The highest BCUT2D eigenvalue weighted by atomic mass is 127. The van der Waals surface area contributed by atoms with Crippen molar-refractivity contribution in [1.29, 1.82) is 0 Å². The predicted molar refractivity (Wildman–Crippen MR) is 73.1 cm³/mol. The smallest absolute Gasteiger partial charge is 0.312 e. The maximum Gasteiger partial charge on any atom is 0.312 e. The number of hydrogen-bond donors (Lipinski definition) is 0. The van der Waals surface area contributed by atoms with Gasteiger partial charge in [0.1, 0.15) is 0 Å². The molecular weight excluding hydrogens is 359 g/mol. The second-order valence-corrected chi connectivity index (χ2v) is 5.30. The van der Waals surface area contributed by atoms with Gasteiger partial charge in [-0.1, -0.05) is 12.1 Å². The number of Topliss-reactive ketones (excluding diaryl/α,β-unsaturated/α-hetero) is 1. The zero-order valence-electron chi connectivity index (χ0n) is 11.4. The fraction of sp³-hybridized carbons (Fsp3) is 0.385. The lowest BCUT2D eigenvalue weighted by Gasteiger charge is -2.10. The lowest BCUT2D eigenvalue weighted by atomic mass is 10.2. The van der Waals surface area contributed by atoms with Crippen molar-refractivity contribution < 1.29 is 33.3 Å². The standard InChI is InChI=1S/C13H19N2OS.HI/c1-10(16)11-7-6-8-12(9-11)17-13(14(2)3)15(4)5;/h6-9H,1-5H3;1H/q+1;/p-1. The molecule has 0 aliphatic heterocycles. The average molecular weight is 378 g/mol. The molecule has 1 rings (SSSR count). The van der Waals surface area contributed by atoms with Crippen LogP contribution in [-0.4, -0.2) is 48.6 Å². The minimum Gasteiger partial charge on any atom is -1.00 e. The van der Waals surface area contributed by atoms with Gasteiger partial charge < -0.3 is 24.0 Å². The fourth-order valence-corrected chi connectivity index (χ4v) is 2.38. The third-order valence-corrected chi connectivity index (χ3v) is 3.62. The van der Waals surface area contributed by atoms with E-state index >= 15 is 0 Å². The molecule has 0 saturated heterocycles. The molecule has 0 fully saturated rings. The van der Waals surface area contributed by atoms with Crippen LogP contribution in [0.4, 0.5) is 0 Å². The van der Waals surface area contributed by atoms with Gasteiger partial charge in [0.05, 0.1) is 28.2 Å². The molecule has 18 heavy (non-hydrogen) atoms. The van der Waals surface area contributed by atoms with Crippen molar-refractivity contribution in [3.63, 3.8) is 0 Å². The van der Waals surface area contributed by atoms with E-state index in [2.05, 4.69) is 9.48 Å². The van der Waals surface area contributed by atoms with Crippen LogP contribution in [0.25, 0.3) is 0 Å². The number of amidine groups is 1. The maximum absolute atomic E-state index is 11.3. The van der Waals surface area contributed by atoms with Crippen LogP contribution in [0, 0.1) is 0 Å². The number of hydrogen-bond acceptors (Lipinski definition) is 2. The second kappa shape index (κ2) is 7.78. The maximum atomic E-state index is 11.3. The van der Waals surface area contributed by atoms with E-state index in [1.807, 2.05) is 52.5 Å². The average Bonchev–Trinajstić information content (AvgIpc) is 2.25. The third kappa shape index (κ3) is 4.97. The molecule has 0 aliphatic carbocycles. The Morgan fingerprint density at radius 2 is 1.89 bits per heavy atom. The summed E-state index contributed by atoms with van der Waals surface area (Å²) < 4.78 is 2.06. The van der Waals surface area contributed by atoms with Crippen LogP contribution in [0.2, 0.25) is 0 Å². The Balaban J connectivity index is 0.00000289. The van der Waals surface area contributed by atoms with Crippen molar-refractivity contribution in [3.8, 4) is 0 Å². The molecular formula is C13H19IN2OS. The molecule has 0 N–H and O–H groups in total. The van der Waals surface area contributed by atoms with Crippen molar-refractivity contribution in [2.45, 2.75) is 11.8 Å². The van der Waals surface area contributed by atoms with E-state index in [1.54, 1.807) is 18.7 Å². The second-order valence-electron chi connectivity index (χ2n) is 4.26. The Bertz CT molecular complexity index is 454. The number of halogens is 1. The highest BCUT2D eigenvalue weighted by Crippen LogP contribution is 2.21. The number of carbonyl (C=O) groups is 1. The number of carbonyl (C=O) groups excluding carboxylic acids is 1. The summed E-state index contributed by atoms with van der Waals surface area (Å²) in [6.45, 7) is 1.59. The van der Waals surface area contributed by atoms with Crippen molar-refractivity contribution >= 4 is 22.7 Å². The van der Waals surface area contributed by atoms with E-state index in [-0.39, 0.29) is 29.8 Å². The van der Waals surface area contributed by atoms with E-state index < -0.39 is 0 Å². The van der Waals surface area contributed by atoms with Gasteiger partial charge in [0.25, 0.3) is 0 Å².